The van der Waals surface area contributed by atoms with Crippen molar-refractivity contribution in [3.8, 4) is 0 Å². The standard InChI is InChI=1S/C15H22N6/c1-12-8-13(9-16-14-10-17-20(2)11-14)19-15(18-12)21-6-4-3-5-7-21/h8,10-11,16H,3-7,9H2,1-2H3. The highest BCUT2D eigenvalue weighted by atomic mass is 15.3. The van der Waals surface area contributed by atoms with Crippen molar-refractivity contribution in [3.63, 3.8) is 0 Å². The molecule has 0 aromatic carbocycles. The molecule has 1 aliphatic heterocycles. The summed E-state index contributed by atoms with van der Waals surface area (Å²) in [5.74, 6) is 0.873. The topological polar surface area (TPSA) is 58.9 Å². The lowest BCUT2D eigenvalue weighted by Crippen LogP contribution is -2.31. The number of aryl methyl sites for hydroxylation is 2. The van der Waals surface area contributed by atoms with Crippen LogP contribution in [0.1, 0.15) is 30.7 Å². The average molecular weight is 286 g/mol. The number of nitrogens with zero attached hydrogens (tertiary/aromatic N) is 5. The minimum atomic E-state index is 0.690. The van der Waals surface area contributed by atoms with E-state index < -0.39 is 0 Å². The maximum absolute atomic E-state index is 4.70. The van der Waals surface area contributed by atoms with E-state index in [1.807, 2.05) is 32.4 Å². The van der Waals surface area contributed by atoms with Crippen LogP contribution in [0.5, 0.6) is 0 Å². The van der Waals surface area contributed by atoms with Crippen LogP contribution in [-0.4, -0.2) is 32.8 Å². The monoisotopic (exact) mass is 286 g/mol. The Hall–Kier alpha value is -2.11. The SMILES string of the molecule is Cc1cc(CNc2cnn(C)c2)nc(N2CCCCC2)n1. The van der Waals surface area contributed by atoms with Crippen molar-refractivity contribution in [2.24, 2.45) is 7.05 Å². The highest BCUT2D eigenvalue weighted by Crippen LogP contribution is 2.17. The van der Waals surface area contributed by atoms with Gasteiger partial charge in [0.15, 0.2) is 0 Å². The lowest BCUT2D eigenvalue weighted by atomic mass is 10.1. The van der Waals surface area contributed by atoms with Crippen molar-refractivity contribution in [1.82, 2.24) is 19.7 Å². The minimum absolute atomic E-state index is 0.690. The van der Waals surface area contributed by atoms with Crippen LogP contribution < -0.4 is 10.2 Å². The van der Waals surface area contributed by atoms with Crippen LogP contribution in [0.25, 0.3) is 0 Å². The molecule has 1 aliphatic rings. The summed E-state index contributed by atoms with van der Waals surface area (Å²) in [6.45, 7) is 4.86. The van der Waals surface area contributed by atoms with Crippen LogP contribution in [-0.2, 0) is 13.6 Å². The third-order valence-corrected chi connectivity index (χ3v) is 3.71. The quantitative estimate of drug-likeness (QED) is 0.933. The highest BCUT2D eigenvalue weighted by molar-refractivity contribution is 5.39. The maximum Gasteiger partial charge on any atom is 0.225 e. The predicted octanol–water partition coefficient (Wildman–Crippen LogP) is 2.12. The molecule has 0 radical (unpaired) electrons. The van der Waals surface area contributed by atoms with Crippen LogP contribution in [0.3, 0.4) is 0 Å². The van der Waals surface area contributed by atoms with Gasteiger partial charge in [-0.2, -0.15) is 5.10 Å². The van der Waals surface area contributed by atoms with Crippen LogP contribution in [0.4, 0.5) is 11.6 Å². The molecule has 3 heterocycles. The molecule has 2 aromatic rings. The van der Waals surface area contributed by atoms with E-state index in [1.165, 1.54) is 19.3 Å². The van der Waals surface area contributed by atoms with Gasteiger partial charge in [0.25, 0.3) is 0 Å². The molecule has 0 amide bonds. The number of hydrogen-bond acceptors (Lipinski definition) is 5. The van der Waals surface area contributed by atoms with E-state index >= 15 is 0 Å². The minimum Gasteiger partial charge on any atom is -0.377 e. The normalized spacial score (nSPS) is 15.2. The molecule has 0 spiro atoms. The van der Waals surface area contributed by atoms with Crippen LogP contribution >= 0.6 is 0 Å². The smallest absolute Gasteiger partial charge is 0.225 e. The molecule has 1 N–H and O–H groups in total. The molecule has 0 bridgehead atoms. The number of rotatable bonds is 4. The lowest BCUT2D eigenvalue weighted by Gasteiger charge is -2.27. The molecule has 21 heavy (non-hydrogen) atoms. The van der Waals surface area contributed by atoms with Gasteiger partial charge in [-0.25, -0.2) is 9.97 Å². The molecular weight excluding hydrogens is 264 g/mol. The Bertz CT molecular complexity index is 600. The van der Waals surface area contributed by atoms with Crippen LogP contribution in [0, 0.1) is 6.92 Å². The van der Waals surface area contributed by atoms with Gasteiger partial charge in [0.1, 0.15) is 0 Å². The van der Waals surface area contributed by atoms with Crippen molar-refractivity contribution in [3.05, 3.63) is 29.8 Å². The second kappa shape index (κ2) is 6.11. The summed E-state index contributed by atoms with van der Waals surface area (Å²) in [5, 5.41) is 7.50. The van der Waals surface area contributed by atoms with Crippen molar-refractivity contribution < 1.29 is 0 Å². The molecule has 3 rings (SSSR count). The molecule has 1 fully saturated rings. The molecule has 112 valence electrons. The van der Waals surface area contributed by atoms with Gasteiger partial charge in [0.2, 0.25) is 5.95 Å². The van der Waals surface area contributed by atoms with Gasteiger partial charge in [-0.3, -0.25) is 4.68 Å². The molecule has 0 atom stereocenters. The van der Waals surface area contributed by atoms with Crippen LogP contribution in [0.2, 0.25) is 0 Å². The zero-order valence-electron chi connectivity index (χ0n) is 12.7. The summed E-state index contributed by atoms with van der Waals surface area (Å²) in [6, 6.07) is 2.04. The van der Waals surface area contributed by atoms with Gasteiger partial charge in [-0.1, -0.05) is 0 Å². The van der Waals surface area contributed by atoms with Gasteiger partial charge in [0, 0.05) is 32.0 Å². The summed E-state index contributed by atoms with van der Waals surface area (Å²) >= 11 is 0. The van der Waals surface area contributed by atoms with Gasteiger partial charge in [-0.05, 0) is 32.3 Å². The first kappa shape index (κ1) is 13.9. The fourth-order valence-electron chi connectivity index (χ4n) is 2.65. The van der Waals surface area contributed by atoms with Crippen molar-refractivity contribution in [2.75, 3.05) is 23.3 Å². The third-order valence-electron chi connectivity index (χ3n) is 3.71. The van der Waals surface area contributed by atoms with E-state index in [0.717, 1.165) is 36.1 Å². The number of hydrogen-bond donors (Lipinski definition) is 1. The maximum atomic E-state index is 4.70. The average Bonchev–Trinajstić information content (AvgIpc) is 2.91. The molecule has 6 heteroatoms. The molecular formula is C15H22N6. The zero-order valence-corrected chi connectivity index (χ0v) is 12.7. The summed E-state index contributed by atoms with van der Waals surface area (Å²) in [4.78, 5) is 11.6. The number of nitrogens with one attached hydrogen (secondary N) is 1. The Labute approximate surface area is 125 Å². The van der Waals surface area contributed by atoms with Gasteiger partial charge >= 0.3 is 0 Å². The van der Waals surface area contributed by atoms with E-state index in [1.54, 1.807) is 4.68 Å². The van der Waals surface area contributed by atoms with E-state index in [-0.39, 0.29) is 0 Å². The molecule has 2 aromatic heterocycles. The van der Waals surface area contributed by atoms with Crippen LogP contribution in [0.15, 0.2) is 18.5 Å². The van der Waals surface area contributed by atoms with Gasteiger partial charge in [0.05, 0.1) is 24.1 Å². The fourth-order valence-corrected chi connectivity index (χ4v) is 2.65. The summed E-state index contributed by atoms with van der Waals surface area (Å²) in [7, 11) is 1.91. The summed E-state index contributed by atoms with van der Waals surface area (Å²) < 4.78 is 1.78. The molecule has 1 saturated heterocycles. The first-order valence-electron chi connectivity index (χ1n) is 7.53. The second-order valence-corrected chi connectivity index (χ2v) is 5.60. The lowest BCUT2D eigenvalue weighted by molar-refractivity contribution is 0.567. The van der Waals surface area contributed by atoms with E-state index in [0.29, 0.717) is 6.54 Å². The predicted molar refractivity (Wildman–Crippen MR) is 83.4 cm³/mol. The Kier molecular flexibility index (Phi) is 4.03. The number of piperidine rings is 1. The first-order chi connectivity index (χ1) is 10.2. The summed E-state index contributed by atoms with van der Waals surface area (Å²) in [6.07, 6.45) is 7.57. The van der Waals surface area contributed by atoms with Gasteiger partial charge < -0.3 is 10.2 Å². The zero-order chi connectivity index (χ0) is 14.7. The largest absolute Gasteiger partial charge is 0.377 e. The van der Waals surface area contributed by atoms with E-state index in [2.05, 4.69) is 20.3 Å². The Morgan fingerprint density at radius 2 is 2.00 bits per heavy atom. The second-order valence-electron chi connectivity index (χ2n) is 5.60. The Morgan fingerprint density at radius 1 is 1.19 bits per heavy atom. The van der Waals surface area contributed by atoms with E-state index in [4.69, 9.17) is 4.98 Å². The molecule has 6 nitrogen and oxygen atoms in total. The van der Waals surface area contributed by atoms with E-state index in [9.17, 15) is 0 Å². The number of anilines is 2. The molecule has 0 saturated carbocycles. The molecule has 0 aliphatic carbocycles. The van der Waals surface area contributed by atoms with Crippen molar-refractivity contribution in [1.29, 1.82) is 0 Å². The van der Waals surface area contributed by atoms with Crippen molar-refractivity contribution in [2.45, 2.75) is 32.7 Å². The third kappa shape index (κ3) is 3.51. The fraction of sp³-hybridized carbons (Fsp3) is 0.533. The van der Waals surface area contributed by atoms with Crippen molar-refractivity contribution >= 4 is 11.6 Å². The Balaban J connectivity index is 1.71. The Morgan fingerprint density at radius 3 is 2.71 bits per heavy atom. The number of aromatic nitrogens is 4. The molecule has 0 unspecified atom stereocenters. The van der Waals surface area contributed by atoms with Gasteiger partial charge in [-0.15, -0.1) is 0 Å². The first-order valence-corrected chi connectivity index (χ1v) is 7.53. The highest BCUT2D eigenvalue weighted by Gasteiger charge is 2.14. The summed E-state index contributed by atoms with van der Waals surface area (Å²) in [5.41, 5.74) is 3.05.